The Morgan fingerprint density at radius 1 is 1.13 bits per heavy atom. The average molecular weight is 544 g/mol. The van der Waals surface area contributed by atoms with Crippen LogP contribution in [-0.4, -0.2) is 78.5 Å². The van der Waals surface area contributed by atoms with Gasteiger partial charge in [0.1, 0.15) is 23.9 Å². The van der Waals surface area contributed by atoms with Crippen LogP contribution in [0.4, 0.5) is 5.69 Å². The van der Waals surface area contributed by atoms with E-state index in [1.807, 2.05) is 0 Å². The van der Waals surface area contributed by atoms with Crippen molar-refractivity contribution in [1.29, 1.82) is 0 Å². The monoisotopic (exact) mass is 543 g/mol. The lowest BCUT2D eigenvalue weighted by molar-refractivity contribution is -0.385. The zero-order valence-corrected chi connectivity index (χ0v) is 21.7. The number of ether oxygens (including phenoxy) is 2. The van der Waals surface area contributed by atoms with Crippen LogP contribution in [0.3, 0.4) is 0 Å². The third kappa shape index (κ3) is 5.90. The summed E-state index contributed by atoms with van der Waals surface area (Å²) in [7, 11) is 3.99. The zero-order valence-electron chi connectivity index (χ0n) is 21.7. The van der Waals surface area contributed by atoms with E-state index >= 15 is 0 Å². The first-order valence-corrected chi connectivity index (χ1v) is 11.8. The second-order valence-corrected chi connectivity index (χ2v) is 8.86. The Labute approximate surface area is 223 Å². The highest BCUT2D eigenvalue weighted by Crippen LogP contribution is 2.44. The molecule has 3 rings (SSSR count). The number of nitro groups is 1. The van der Waals surface area contributed by atoms with Gasteiger partial charge in [0.05, 0.1) is 25.7 Å². The number of nitro benzene ring substituents is 1. The molecule has 2 aromatic rings. The molecule has 0 radical (unpaired) electrons. The van der Waals surface area contributed by atoms with Crippen LogP contribution in [0.2, 0.25) is 0 Å². The van der Waals surface area contributed by atoms with Gasteiger partial charge in [-0.25, -0.2) is 4.79 Å². The van der Waals surface area contributed by atoms with Gasteiger partial charge in [0, 0.05) is 30.7 Å². The number of hydrogen-bond acceptors (Lipinski definition) is 9. The molecular formula is C25H29N5O9. The van der Waals surface area contributed by atoms with Crippen LogP contribution in [0.5, 0.6) is 11.5 Å². The van der Waals surface area contributed by atoms with Crippen molar-refractivity contribution in [3.8, 4) is 22.6 Å². The van der Waals surface area contributed by atoms with Gasteiger partial charge in [-0.05, 0) is 36.2 Å². The van der Waals surface area contributed by atoms with Crippen LogP contribution in [-0.2, 0) is 25.6 Å². The summed E-state index contributed by atoms with van der Waals surface area (Å²) in [6.45, 7) is 0.956. The minimum atomic E-state index is -1.48. The number of nitrogens with two attached hydrogens (primary N) is 1. The SMILES string of the molecule is COc1ccc2cc1-c1cc(cc([N+](=O)[O-])c1OC)C[C@@H](C(=O)O)NC(=O)[C@H](C)NC(=O)[C@H]2N(C)C(=O)CN. The third-order valence-electron chi connectivity index (χ3n) is 6.37. The van der Waals surface area contributed by atoms with Crippen molar-refractivity contribution in [1.82, 2.24) is 15.5 Å². The van der Waals surface area contributed by atoms with Crippen molar-refractivity contribution in [3.63, 3.8) is 0 Å². The fourth-order valence-corrected chi connectivity index (χ4v) is 4.38. The number of methoxy groups -OCH3 is 2. The topological polar surface area (TPSA) is 203 Å². The third-order valence-corrected chi connectivity index (χ3v) is 6.37. The van der Waals surface area contributed by atoms with E-state index in [1.165, 1.54) is 58.5 Å². The summed E-state index contributed by atoms with van der Waals surface area (Å²) < 4.78 is 10.9. The van der Waals surface area contributed by atoms with Gasteiger partial charge in [0.25, 0.3) is 0 Å². The Morgan fingerprint density at radius 2 is 1.82 bits per heavy atom. The summed E-state index contributed by atoms with van der Waals surface area (Å²) >= 11 is 0. The van der Waals surface area contributed by atoms with Gasteiger partial charge in [-0.1, -0.05) is 6.07 Å². The van der Waals surface area contributed by atoms with Crippen LogP contribution < -0.4 is 25.8 Å². The van der Waals surface area contributed by atoms with E-state index < -0.39 is 59.0 Å². The average Bonchev–Trinajstić information content (AvgIpc) is 2.90. The summed E-state index contributed by atoms with van der Waals surface area (Å²) in [6.07, 6.45) is -0.308. The molecule has 0 unspecified atom stereocenters. The highest BCUT2D eigenvalue weighted by atomic mass is 16.6. The molecule has 1 aliphatic rings. The summed E-state index contributed by atoms with van der Waals surface area (Å²) in [4.78, 5) is 63.2. The molecule has 3 amide bonds. The number of carbonyl (C=O) groups is 4. The maximum absolute atomic E-state index is 13.4. The van der Waals surface area contributed by atoms with Gasteiger partial charge in [-0.2, -0.15) is 0 Å². The van der Waals surface area contributed by atoms with E-state index in [0.717, 1.165) is 4.90 Å². The molecule has 39 heavy (non-hydrogen) atoms. The minimum Gasteiger partial charge on any atom is -0.496 e. The number of carboxylic acid groups (broad SMARTS) is 1. The second-order valence-electron chi connectivity index (χ2n) is 8.86. The largest absolute Gasteiger partial charge is 0.496 e. The number of benzene rings is 2. The predicted octanol–water partition coefficient (Wildman–Crippen LogP) is 0.367. The molecule has 0 saturated carbocycles. The molecule has 3 atom stereocenters. The molecule has 1 heterocycles. The Hall–Kier alpha value is -4.72. The highest BCUT2D eigenvalue weighted by molar-refractivity contribution is 5.94. The van der Waals surface area contributed by atoms with Crippen LogP contribution in [0.15, 0.2) is 30.3 Å². The number of carboxylic acids is 1. The molecule has 2 aromatic carbocycles. The van der Waals surface area contributed by atoms with Gasteiger partial charge in [0.2, 0.25) is 23.5 Å². The van der Waals surface area contributed by atoms with Crippen molar-refractivity contribution >= 4 is 29.4 Å². The number of aliphatic carboxylic acids is 1. The summed E-state index contributed by atoms with van der Waals surface area (Å²) in [5, 5.41) is 26.6. The number of carbonyl (C=O) groups excluding carboxylic acids is 3. The molecule has 0 fully saturated rings. The first-order chi connectivity index (χ1) is 18.4. The predicted molar refractivity (Wildman–Crippen MR) is 137 cm³/mol. The van der Waals surface area contributed by atoms with Gasteiger partial charge in [0.15, 0.2) is 0 Å². The quantitative estimate of drug-likeness (QED) is 0.291. The molecule has 208 valence electrons. The molecular weight excluding hydrogens is 514 g/mol. The van der Waals surface area contributed by atoms with Gasteiger partial charge in [-0.15, -0.1) is 0 Å². The normalized spacial score (nSPS) is 19.2. The zero-order chi connectivity index (χ0) is 29.0. The van der Waals surface area contributed by atoms with Gasteiger partial charge < -0.3 is 35.8 Å². The summed E-state index contributed by atoms with van der Waals surface area (Å²) in [6, 6.07) is 3.29. The maximum Gasteiger partial charge on any atom is 0.326 e. The number of fused-ring (bicyclic) bond motifs is 5. The molecule has 0 saturated heterocycles. The molecule has 14 heteroatoms. The molecule has 14 nitrogen and oxygen atoms in total. The molecule has 5 N–H and O–H groups in total. The second kappa shape index (κ2) is 11.8. The van der Waals surface area contributed by atoms with Crippen molar-refractivity contribution in [2.24, 2.45) is 5.73 Å². The number of amides is 3. The fourth-order valence-electron chi connectivity index (χ4n) is 4.38. The Kier molecular flexibility index (Phi) is 8.71. The van der Waals surface area contributed by atoms with Crippen molar-refractivity contribution in [3.05, 3.63) is 51.6 Å². The van der Waals surface area contributed by atoms with Crippen LogP contribution in [0.25, 0.3) is 11.1 Å². The van der Waals surface area contributed by atoms with Gasteiger partial charge >= 0.3 is 11.7 Å². The smallest absolute Gasteiger partial charge is 0.326 e. The fraction of sp³-hybridized carbons (Fsp3) is 0.360. The lowest BCUT2D eigenvalue weighted by atomic mass is 9.93. The Bertz CT molecular complexity index is 1330. The summed E-state index contributed by atoms with van der Waals surface area (Å²) in [5.41, 5.74) is 6.05. The molecule has 0 spiro atoms. The number of rotatable bonds is 6. The van der Waals surface area contributed by atoms with Crippen molar-refractivity contribution in [2.75, 3.05) is 27.8 Å². The lowest BCUT2D eigenvalue weighted by Gasteiger charge is -2.29. The first-order valence-electron chi connectivity index (χ1n) is 11.8. The molecule has 1 aliphatic heterocycles. The number of likely N-dealkylation sites (N-methyl/N-ethyl adjacent to an activating group) is 1. The van der Waals surface area contributed by atoms with E-state index in [0.29, 0.717) is 0 Å². The van der Waals surface area contributed by atoms with Crippen molar-refractivity contribution in [2.45, 2.75) is 31.5 Å². The van der Waals surface area contributed by atoms with Crippen LogP contribution >= 0.6 is 0 Å². The maximum atomic E-state index is 13.4. The Balaban J connectivity index is 2.41. The number of nitrogens with one attached hydrogen (secondary N) is 2. The molecule has 0 aromatic heterocycles. The first kappa shape index (κ1) is 28.8. The molecule has 4 bridgehead atoms. The minimum absolute atomic E-state index is 0.136. The van der Waals surface area contributed by atoms with E-state index in [-0.39, 0.29) is 40.2 Å². The van der Waals surface area contributed by atoms with Gasteiger partial charge in [-0.3, -0.25) is 24.5 Å². The number of hydrogen-bond donors (Lipinski definition) is 4. The van der Waals surface area contributed by atoms with Crippen LogP contribution in [0, 0.1) is 10.1 Å². The standard InChI is InChI=1S/C25H29N5O9/c1-12-23(32)28-17(25(34)35)8-13-7-16(22(39-4)18(9-13)30(36)37)15-10-14(5-6-19(15)38-3)21(24(33)27-12)29(2)20(31)11-26/h5-7,9-10,12,17,21H,8,11,26H2,1-4H3,(H,27,33)(H,28,32)(H,34,35)/t12-,17-,21-/m0/s1. The highest BCUT2D eigenvalue weighted by Gasteiger charge is 2.34. The van der Waals surface area contributed by atoms with Crippen LogP contribution in [0.1, 0.15) is 24.1 Å². The van der Waals surface area contributed by atoms with E-state index in [1.54, 1.807) is 0 Å². The van der Waals surface area contributed by atoms with Crippen molar-refractivity contribution < 1.29 is 38.7 Å². The molecule has 0 aliphatic carbocycles. The summed E-state index contributed by atoms with van der Waals surface area (Å²) in [5.74, 6) is -3.39. The van der Waals surface area contributed by atoms with E-state index in [4.69, 9.17) is 15.2 Å². The Morgan fingerprint density at radius 3 is 2.38 bits per heavy atom. The van der Waals surface area contributed by atoms with E-state index in [2.05, 4.69) is 10.6 Å². The lowest BCUT2D eigenvalue weighted by Crippen LogP contribution is -2.53. The van der Waals surface area contributed by atoms with E-state index in [9.17, 15) is 34.4 Å². The number of nitrogens with zero attached hydrogens (tertiary/aromatic N) is 2.